The Morgan fingerprint density at radius 1 is 0.808 bits per heavy atom. The van der Waals surface area contributed by atoms with Crippen molar-refractivity contribution in [1.82, 2.24) is 0 Å². The Balaban J connectivity index is 1.96. The zero-order valence-electron chi connectivity index (χ0n) is 13.7. The Morgan fingerprint density at radius 3 is 2.04 bits per heavy atom. The summed E-state index contributed by atoms with van der Waals surface area (Å²) in [6.45, 7) is 0. The van der Waals surface area contributed by atoms with Crippen LogP contribution >= 0.6 is 0 Å². The van der Waals surface area contributed by atoms with Gasteiger partial charge in [-0.2, -0.15) is 13.2 Å². The maximum atomic E-state index is 13.0. The number of carbonyl (C=O) groups excluding carboxylic acids is 1. The number of alkyl halides is 3. The minimum Gasteiger partial charge on any atom is -0.371 e. The summed E-state index contributed by atoms with van der Waals surface area (Å²) >= 11 is 0. The van der Waals surface area contributed by atoms with Crippen LogP contribution in [-0.4, -0.2) is 5.78 Å². The second-order valence-corrected chi connectivity index (χ2v) is 5.80. The van der Waals surface area contributed by atoms with Gasteiger partial charge in [0, 0.05) is 11.3 Å². The highest BCUT2D eigenvalue weighted by Crippen LogP contribution is 2.32. The lowest BCUT2D eigenvalue weighted by molar-refractivity contribution is -0.137. The maximum absolute atomic E-state index is 13.0. The summed E-state index contributed by atoms with van der Waals surface area (Å²) < 4.78 is 38.9. The number of Topliss-reactive ketones (excluding diaryl/α,β-unsaturated/α-hetero) is 1. The summed E-state index contributed by atoms with van der Waals surface area (Å²) in [7, 11) is 0. The number of ketones is 1. The van der Waals surface area contributed by atoms with E-state index in [1.54, 1.807) is 54.6 Å². The largest absolute Gasteiger partial charge is 0.416 e. The molecule has 0 aliphatic carbocycles. The number of rotatable bonds is 5. The zero-order valence-corrected chi connectivity index (χ0v) is 13.7. The molecule has 1 atom stereocenters. The fourth-order valence-electron chi connectivity index (χ4n) is 2.67. The summed E-state index contributed by atoms with van der Waals surface area (Å²) in [5.41, 5.74) is 0.638. The van der Waals surface area contributed by atoms with Crippen molar-refractivity contribution in [2.75, 3.05) is 5.32 Å². The lowest BCUT2D eigenvalue weighted by atomic mass is 9.97. The first kappa shape index (κ1) is 17.7. The smallest absolute Gasteiger partial charge is 0.371 e. The van der Waals surface area contributed by atoms with Gasteiger partial charge in [-0.3, -0.25) is 4.79 Å². The van der Waals surface area contributed by atoms with Crippen molar-refractivity contribution in [1.29, 1.82) is 0 Å². The van der Waals surface area contributed by atoms with E-state index in [2.05, 4.69) is 5.32 Å². The van der Waals surface area contributed by atoms with E-state index in [-0.39, 0.29) is 11.5 Å². The monoisotopic (exact) mass is 355 g/mol. The first-order chi connectivity index (χ1) is 12.4. The molecule has 0 aliphatic rings. The number of benzene rings is 3. The fraction of sp³-hybridized carbons (Fsp3) is 0.0952. The SMILES string of the molecule is O=C(c1ccccc1)C(Nc1cccc(C(F)(F)F)c1)c1ccccc1. The molecule has 0 radical (unpaired) electrons. The Bertz CT molecular complexity index is 877. The van der Waals surface area contributed by atoms with E-state index in [0.29, 0.717) is 11.1 Å². The van der Waals surface area contributed by atoms with E-state index < -0.39 is 17.8 Å². The van der Waals surface area contributed by atoms with E-state index in [0.717, 1.165) is 12.1 Å². The molecule has 3 aromatic carbocycles. The maximum Gasteiger partial charge on any atom is 0.416 e. The van der Waals surface area contributed by atoms with E-state index >= 15 is 0 Å². The van der Waals surface area contributed by atoms with Crippen molar-refractivity contribution in [3.63, 3.8) is 0 Å². The average Bonchev–Trinajstić information content (AvgIpc) is 2.66. The summed E-state index contributed by atoms with van der Waals surface area (Å²) in [5, 5.41) is 2.96. The fourth-order valence-corrected chi connectivity index (χ4v) is 2.67. The molecule has 0 aliphatic heterocycles. The molecule has 3 rings (SSSR count). The molecular weight excluding hydrogens is 339 g/mol. The van der Waals surface area contributed by atoms with Crippen LogP contribution in [0.5, 0.6) is 0 Å². The molecule has 3 aromatic rings. The molecule has 132 valence electrons. The second kappa shape index (κ2) is 7.44. The molecule has 0 saturated carbocycles. The van der Waals surface area contributed by atoms with Gasteiger partial charge in [0.15, 0.2) is 5.78 Å². The van der Waals surface area contributed by atoms with Crippen molar-refractivity contribution in [2.24, 2.45) is 0 Å². The third-order valence-corrected chi connectivity index (χ3v) is 3.95. The Kier molecular flexibility index (Phi) is 5.07. The highest BCUT2D eigenvalue weighted by atomic mass is 19.4. The van der Waals surface area contributed by atoms with Crippen LogP contribution in [0.3, 0.4) is 0 Å². The Hall–Kier alpha value is -3.08. The van der Waals surface area contributed by atoms with Gasteiger partial charge in [0.25, 0.3) is 0 Å². The van der Waals surface area contributed by atoms with E-state index in [9.17, 15) is 18.0 Å². The van der Waals surface area contributed by atoms with Crippen LogP contribution < -0.4 is 5.32 Å². The quantitative estimate of drug-likeness (QED) is 0.591. The predicted molar refractivity (Wildman–Crippen MR) is 95.0 cm³/mol. The minimum atomic E-state index is -4.44. The molecule has 0 bridgehead atoms. The highest BCUT2D eigenvalue weighted by Gasteiger charge is 2.31. The second-order valence-electron chi connectivity index (χ2n) is 5.80. The van der Waals surface area contributed by atoms with Crippen molar-refractivity contribution >= 4 is 11.5 Å². The molecule has 0 spiro atoms. The van der Waals surface area contributed by atoms with Gasteiger partial charge < -0.3 is 5.32 Å². The van der Waals surface area contributed by atoms with Crippen LogP contribution in [0.4, 0.5) is 18.9 Å². The van der Waals surface area contributed by atoms with Gasteiger partial charge in [0.1, 0.15) is 6.04 Å². The third-order valence-electron chi connectivity index (χ3n) is 3.95. The number of halogens is 3. The van der Waals surface area contributed by atoms with E-state index in [1.807, 2.05) is 6.07 Å². The van der Waals surface area contributed by atoms with Crippen molar-refractivity contribution in [3.8, 4) is 0 Å². The minimum absolute atomic E-state index is 0.214. The molecule has 2 nitrogen and oxygen atoms in total. The molecule has 0 saturated heterocycles. The Morgan fingerprint density at radius 2 is 1.42 bits per heavy atom. The number of carbonyl (C=O) groups is 1. The van der Waals surface area contributed by atoms with Gasteiger partial charge in [-0.15, -0.1) is 0 Å². The molecule has 1 unspecified atom stereocenters. The predicted octanol–water partition coefficient (Wildman–Crippen LogP) is 5.74. The molecule has 0 fully saturated rings. The number of hydrogen-bond acceptors (Lipinski definition) is 2. The van der Waals surface area contributed by atoms with Crippen LogP contribution in [0.1, 0.15) is 27.5 Å². The third kappa shape index (κ3) is 4.11. The Labute approximate surface area is 149 Å². The summed E-state index contributed by atoms with van der Waals surface area (Å²) in [5.74, 6) is -0.214. The standard InChI is InChI=1S/C21H16F3NO/c22-21(23,24)17-12-7-13-18(14-17)25-19(15-8-3-1-4-9-15)20(26)16-10-5-2-6-11-16/h1-14,19,25H. The van der Waals surface area contributed by atoms with Crippen LogP contribution in [-0.2, 0) is 6.18 Å². The molecular formula is C21H16F3NO. The topological polar surface area (TPSA) is 29.1 Å². The van der Waals surface area contributed by atoms with Crippen LogP contribution in [0, 0.1) is 0 Å². The van der Waals surface area contributed by atoms with Crippen molar-refractivity contribution < 1.29 is 18.0 Å². The molecule has 5 heteroatoms. The number of hydrogen-bond donors (Lipinski definition) is 1. The molecule has 26 heavy (non-hydrogen) atoms. The van der Waals surface area contributed by atoms with Crippen LogP contribution in [0.15, 0.2) is 84.9 Å². The first-order valence-electron chi connectivity index (χ1n) is 8.03. The molecule has 0 aromatic heterocycles. The highest BCUT2D eigenvalue weighted by molar-refractivity contribution is 6.02. The van der Waals surface area contributed by atoms with Gasteiger partial charge in [-0.1, -0.05) is 66.7 Å². The van der Waals surface area contributed by atoms with Gasteiger partial charge >= 0.3 is 6.18 Å². The van der Waals surface area contributed by atoms with Gasteiger partial charge in [-0.25, -0.2) is 0 Å². The normalized spacial score (nSPS) is 12.4. The van der Waals surface area contributed by atoms with Gasteiger partial charge in [0.05, 0.1) is 5.56 Å². The number of nitrogens with one attached hydrogen (secondary N) is 1. The van der Waals surface area contributed by atoms with Crippen molar-refractivity contribution in [3.05, 3.63) is 102 Å². The molecule has 1 N–H and O–H groups in total. The summed E-state index contributed by atoms with van der Waals surface area (Å²) in [4.78, 5) is 12.9. The van der Waals surface area contributed by atoms with Gasteiger partial charge in [0.2, 0.25) is 0 Å². The van der Waals surface area contributed by atoms with Crippen LogP contribution in [0.2, 0.25) is 0 Å². The molecule has 0 amide bonds. The lowest BCUT2D eigenvalue weighted by Crippen LogP contribution is -2.21. The van der Waals surface area contributed by atoms with E-state index in [1.165, 1.54) is 12.1 Å². The van der Waals surface area contributed by atoms with Crippen molar-refractivity contribution in [2.45, 2.75) is 12.2 Å². The average molecular weight is 355 g/mol. The van der Waals surface area contributed by atoms with E-state index in [4.69, 9.17) is 0 Å². The summed E-state index contributed by atoms with van der Waals surface area (Å²) in [6, 6.07) is 21.7. The summed E-state index contributed by atoms with van der Waals surface area (Å²) in [6.07, 6.45) is -4.44. The zero-order chi connectivity index (χ0) is 18.6. The lowest BCUT2D eigenvalue weighted by Gasteiger charge is -2.20. The van der Waals surface area contributed by atoms with Crippen LogP contribution in [0.25, 0.3) is 0 Å². The first-order valence-corrected chi connectivity index (χ1v) is 8.03. The number of anilines is 1. The van der Waals surface area contributed by atoms with Gasteiger partial charge in [-0.05, 0) is 23.8 Å². The molecule has 0 heterocycles.